The lowest BCUT2D eigenvalue weighted by atomic mass is 10.2. The summed E-state index contributed by atoms with van der Waals surface area (Å²) in [6.07, 6.45) is 0. The van der Waals surface area contributed by atoms with Gasteiger partial charge in [-0.3, -0.25) is 9.59 Å². The molecule has 0 spiro atoms. The van der Waals surface area contributed by atoms with Crippen molar-refractivity contribution >= 4 is 29.3 Å². The van der Waals surface area contributed by atoms with Crippen LogP contribution in [0.1, 0.15) is 12.5 Å². The summed E-state index contributed by atoms with van der Waals surface area (Å²) in [4.78, 5) is 23.4. The van der Waals surface area contributed by atoms with Crippen molar-refractivity contribution in [3.63, 3.8) is 0 Å². The van der Waals surface area contributed by atoms with E-state index in [2.05, 4.69) is 26.2 Å². The normalized spacial score (nSPS) is 10.4. The number of nitrogens with one attached hydrogen (secondary N) is 2. The fourth-order valence-corrected chi connectivity index (χ4v) is 3.20. The second kappa shape index (κ2) is 9.69. The number of ether oxygens (including phenoxy) is 1. The average molecular weight is 412 g/mol. The van der Waals surface area contributed by atoms with Crippen LogP contribution in [0.25, 0.3) is 5.69 Å². The fraction of sp³-hybridized carbons (Fsp3) is 0.211. The van der Waals surface area contributed by atoms with Gasteiger partial charge >= 0.3 is 0 Å². The smallest absolute Gasteiger partial charge is 0.230 e. The highest BCUT2D eigenvalue weighted by Crippen LogP contribution is 2.20. The third kappa shape index (κ3) is 5.79. The maximum atomic E-state index is 12.2. The molecule has 0 bridgehead atoms. The molecular weight excluding hydrogens is 392 g/mol. The molecule has 0 aliphatic rings. The predicted octanol–water partition coefficient (Wildman–Crippen LogP) is 2.04. The van der Waals surface area contributed by atoms with Gasteiger partial charge in [0.05, 0.1) is 18.6 Å². The number of tetrazole rings is 1. The molecule has 2 aromatic carbocycles. The quantitative estimate of drug-likeness (QED) is 0.545. The number of benzene rings is 2. The first-order valence-corrected chi connectivity index (χ1v) is 9.72. The van der Waals surface area contributed by atoms with E-state index in [1.54, 1.807) is 25.3 Å². The first-order valence-electron chi connectivity index (χ1n) is 8.74. The molecule has 150 valence electrons. The van der Waals surface area contributed by atoms with Crippen LogP contribution >= 0.6 is 11.8 Å². The van der Waals surface area contributed by atoms with Gasteiger partial charge in [-0.2, -0.15) is 4.68 Å². The van der Waals surface area contributed by atoms with Gasteiger partial charge in [-0.15, -0.1) is 5.10 Å². The molecule has 3 rings (SSSR count). The predicted molar refractivity (Wildman–Crippen MR) is 109 cm³/mol. The van der Waals surface area contributed by atoms with E-state index in [4.69, 9.17) is 4.74 Å². The summed E-state index contributed by atoms with van der Waals surface area (Å²) >= 11 is 1.23. The Labute approximate surface area is 171 Å². The van der Waals surface area contributed by atoms with E-state index in [0.717, 1.165) is 11.3 Å². The van der Waals surface area contributed by atoms with Crippen LogP contribution < -0.4 is 15.4 Å². The van der Waals surface area contributed by atoms with Crippen LogP contribution in [0.15, 0.2) is 53.7 Å². The minimum Gasteiger partial charge on any atom is -0.497 e. The molecular formula is C19H20N6O3S. The third-order valence-electron chi connectivity index (χ3n) is 3.83. The average Bonchev–Trinajstić information content (AvgIpc) is 3.19. The largest absolute Gasteiger partial charge is 0.497 e. The van der Waals surface area contributed by atoms with Crippen molar-refractivity contribution in [3.05, 3.63) is 54.1 Å². The number of nitrogens with zero attached hydrogens (tertiary/aromatic N) is 4. The van der Waals surface area contributed by atoms with Crippen molar-refractivity contribution in [3.8, 4) is 11.4 Å². The Morgan fingerprint density at radius 2 is 1.97 bits per heavy atom. The highest BCUT2D eigenvalue weighted by atomic mass is 32.2. The van der Waals surface area contributed by atoms with Crippen molar-refractivity contribution in [1.82, 2.24) is 25.5 Å². The van der Waals surface area contributed by atoms with E-state index in [0.29, 0.717) is 23.1 Å². The van der Waals surface area contributed by atoms with Crippen LogP contribution in [-0.4, -0.2) is 44.9 Å². The number of carbonyl (C=O) groups is 2. The van der Waals surface area contributed by atoms with E-state index in [-0.39, 0.29) is 17.6 Å². The number of hydrogen-bond acceptors (Lipinski definition) is 7. The zero-order valence-electron chi connectivity index (χ0n) is 16.0. The van der Waals surface area contributed by atoms with Crippen LogP contribution in [0.3, 0.4) is 0 Å². The van der Waals surface area contributed by atoms with Crippen molar-refractivity contribution < 1.29 is 14.3 Å². The van der Waals surface area contributed by atoms with E-state index >= 15 is 0 Å². The first-order chi connectivity index (χ1) is 14.0. The minimum atomic E-state index is -0.165. The molecule has 2 N–H and O–H groups in total. The van der Waals surface area contributed by atoms with Gasteiger partial charge in [-0.1, -0.05) is 30.0 Å². The van der Waals surface area contributed by atoms with Crippen molar-refractivity contribution in [2.75, 3.05) is 18.2 Å². The van der Waals surface area contributed by atoms with Crippen molar-refractivity contribution in [2.24, 2.45) is 0 Å². The van der Waals surface area contributed by atoms with Crippen LogP contribution in [0.5, 0.6) is 5.75 Å². The summed E-state index contributed by atoms with van der Waals surface area (Å²) in [5, 5.41) is 17.7. The fourth-order valence-electron chi connectivity index (χ4n) is 2.47. The van der Waals surface area contributed by atoms with Crippen LogP contribution in [0.2, 0.25) is 0 Å². The summed E-state index contributed by atoms with van der Waals surface area (Å²) in [7, 11) is 1.61. The van der Waals surface area contributed by atoms with Gasteiger partial charge in [-0.05, 0) is 46.3 Å². The van der Waals surface area contributed by atoms with Crippen LogP contribution in [0.4, 0.5) is 5.69 Å². The Hall–Kier alpha value is -3.40. The van der Waals surface area contributed by atoms with Crippen LogP contribution in [0, 0.1) is 0 Å². The molecule has 10 heteroatoms. The van der Waals surface area contributed by atoms with E-state index in [9.17, 15) is 9.59 Å². The minimum absolute atomic E-state index is 0.132. The summed E-state index contributed by atoms with van der Waals surface area (Å²) in [6.45, 7) is 1.86. The lowest BCUT2D eigenvalue weighted by molar-refractivity contribution is -0.118. The molecule has 0 radical (unpaired) electrons. The maximum absolute atomic E-state index is 12.2. The molecule has 2 amide bonds. The molecule has 0 saturated heterocycles. The second-order valence-electron chi connectivity index (χ2n) is 6.02. The molecule has 0 fully saturated rings. The molecule has 0 atom stereocenters. The third-order valence-corrected chi connectivity index (χ3v) is 4.75. The Kier molecular flexibility index (Phi) is 6.80. The van der Waals surface area contributed by atoms with Gasteiger partial charge in [0.2, 0.25) is 17.0 Å². The summed E-state index contributed by atoms with van der Waals surface area (Å²) < 4.78 is 6.64. The number of thioether (sulfide) groups is 1. The Morgan fingerprint density at radius 3 is 2.69 bits per heavy atom. The van der Waals surface area contributed by atoms with Gasteiger partial charge in [-0.25, -0.2) is 0 Å². The number of hydrogen-bond donors (Lipinski definition) is 2. The zero-order chi connectivity index (χ0) is 20.6. The SMILES string of the molecule is COc1ccc(CNC(=O)CSc2nnnn2-c2cccc(NC(C)=O)c2)cc1. The molecule has 1 heterocycles. The maximum Gasteiger partial charge on any atom is 0.230 e. The number of methoxy groups -OCH3 is 1. The molecule has 29 heavy (non-hydrogen) atoms. The number of aromatic nitrogens is 4. The number of anilines is 1. The molecule has 3 aromatic rings. The van der Waals surface area contributed by atoms with Crippen LogP contribution in [-0.2, 0) is 16.1 Å². The Morgan fingerprint density at radius 1 is 1.17 bits per heavy atom. The van der Waals surface area contributed by atoms with Crippen molar-refractivity contribution in [2.45, 2.75) is 18.6 Å². The highest BCUT2D eigenvalue weighted by molar-refractivity contribution is 7.99. The first kappa shape index (κ1) is 20.3. The van der Waals surface area contributed by atoms with Gasteiger partial charge < -0.3 is 15.4 Å². The van der Waals surface area contributed by atoms with E-state index in [1.165, 1.54) is 23.4 Å². The summed E-state index contributed by atoms with van der Waals surface area (Å²) in [6, 6.07) is 14.6. The molecule has 0 saturated carbocycles. The topological polar surface area (TPSA) is 111 Å². The number of carbonyl (C=O) groups excluding carboxylic acids is 2. The van der Waals surface area contributed by atoms with E-state index in [1.807, 2.05) is 30.3 Å². The summed E-state index contributed by atoms with van der Waals surface area (Å²) in [5.41, 5.74) is 2.30. The Balaban J connectivity index is 1.57. The molecule has 1 aromatic heterocycles. The van der Waals surface area contributed by atoms with Gasteiger partial charge in [0.15, 0.2) is 0 Å². The highest BCUT2D eigenvalue weighted by Gasteiger charge is 2.12. The summed E-state index contributed by atoms with van der Waals surface area (Å²) in [5.74, 6) is 0.640. The molecule has 0 aliphatic heterocycles. The zero-order valence-corrected chi connectivity index (χ0v) is 16.8. The van der Waals surface area contributed by atoms with Gasteiger partial charge in [0.1, 0.15) is 5.75 Å². The second-order valence-corrected chi connectivity index (χ2v) is 6.96. The van der Waals surface area contributed by atoms with E-state index < -0.39 is 0 Å². The number of amides is 2. The van der Waals surface area contributed by atoms with Gasteiger partial charge in [0.25, 0.3) is 0 Å². The molecule has 9 nitrogen and oxygen atoms in total. The number of rotatable bonds is 8. The lowest BCUT2D eigenvalue weighted by Gasteiger charge is -2.08. The molecule has 0 unspecified atom stereocenters. The van der Waals surface area contributed by atoms with Gasteiger partial charge in [0, 0.05) is 19.2 Å². The monoisotopic (exact) mass is 412 g/mol. The Bertz CT molecular complexity index is 990. The standard InChI is InChI=1S/C19H20N6O3S/c1-13(26)21-15-4-3-5-16(10-15)25-19(22-23-24-25)29-12-18(27)20-11-14-6-8-17(28-2)9-7-14/h3-10H,11-12H2,1-2H3,(H,20,27)(H,21,26). The molecule has 0 aliphatic carbocycles. The lowest BCUT2D eigenvalue weighted by Crippen LogP contribution is -2.24. The van der Waals surface area contributed by atoms with Crippen molar-refractivity contribution in [1.29, 1.82) is 0 Å².